The first-order valence-electron chi connectivity index (χ1n) is 13.1. The maximum Gasteiger partial charge on any atom is 0.416 e. The highest BCUT2D eigenvalue weighted by Crippen LogP contribution is 2.43. The van der Waals surface area contributed by atoms with Crippen molar-refractivity contribution in [2.24, 2.45) is 11.8 Å². The number of aliphatic hydroxyl groups excluding tert-OH is 1. The van der Waals surface area contributed by atoms with Crippen LogP contribution in [0.25, 0.3) is 0 Å². The van der Waals surface area contributed by atoms with Crippen LogP contribution in [0.4, 0.5) is 13.2 Å². The van der Waals surface area contributed by atoms with Gasteiger partial charge in [0.25, 0.3) is 5.91 Å². The van der Waals surface area contributed by atoms with Gasteiger partial charge in [-0.2, -0.15) is 13.2 Å². The summed E-state index contributed by atoms with van der Waals surface area (Å²) in [4.78, 5) is 27.1. The quantitative estimate of drug-likeness (QED) is 0.513. The van der Waals surface area contributed by atoms with Crippen LogP contribution in [0.3, 0.4) is 0 Å². The van der Waals surface area contributed by atoms with Crippen molar-refractivity contribution in [1.29, 1.82) is 0 Å². The normalized spacial score (nSPS) is 25.7. The summed E-state index contributed by atoms with van der Waals surface area (Å²) in [6.07, 6.45) is -1.44. The van der Waals surface area contributed by atoms with E-state index in [1.165, 1.54) is 17.7 Å². The topological polar surface area (TPSA) is 81.7 Å². The molecule has 2 aromatic rings. The number of amides is 2. The number of carbonyl (C=O) groups excluding carboxylic acids is 2. The molecule has 6 nitrogen and oxygen atoms in total. The van der Waals surface area contributed by atoms with Gasteiger partial charge in [0.2, 0.25) is 5.91 Å². The second-order valence-corrected chi connectivity index (χ2v) is 10.3. The van der Waals surface area contributed by atoms with Crippen molar-refractivity contribution in [2.75, 3.05) is 26.7 Å². The van der Waals surface area contributed by atoms with Gasteiger partial charge in [0.15, 0.2) is 0 Å². The molecule has 2 amide bonds. The van der Waals surface area contributed by atoms with Crippen LogP contribution in [0.1, 0.15) is 60.5 Å². The molecule has 2 aliphatic rings. The molecule has 3 atom stereocenters. The molecular weight excluding hydrogens is 495 g/mol. The third-order valence-corrected chi connectivity index (χ3v) is 7.66. The molecule has 1 heterocycles. The molecule has 0 spiro atoms. The molecule has 4 rings (SSSR count). The maximum absolute atomic E-state index is 12.9. The molecule has 0 bridgehead atoms. The highest BCUT2D eigenvalue weighted by molar-refractivity contribution is 5.96. The Morgan fingerprint density at radius 1 is 1.00 bits per heavy atom. The summed E-state index contributed by atoms with van der Waals surface area (Å²) < 4.78 is 38.6. The predicted octanol–water partition coefficient (Wildman–Crippen LogP) is 4.45. The third-order valence-electron chi connectivity index (χ3n) is 7.66. The molecule has 1 aliphatic carbocycles. The first-order chi connectivity index (χ1) is 18.1. The van der Waals surface area contributed by atoms with E-state index >= 15 is 0 Å². The molecule has 1 aliphatic heterocycles. The van der Waals surface area contributed by atoms with Crippen LogP contribution in [0, 0.1) is 11.8 Å². The van der Waals surface area contributed by atoms with Crippen molar-refractivity contribution in [2.45, 2.75) is 57.3 Å². The molecule has 0 radical (unpaired) electrons. The van der Waals surface area contributed by atoms with Crippen molar-refractivity contribution in [3.8, 4) is 0 Å². The Morgan fingerprint density at radius 3 is 2.29 bits per heavy atom. The minimum atomic E-state index is -4.53. The number of carbonyl (C=O) groups is 2. The van der Waals surface area contributed by atoms with E-state index in [4.69, 9.17) is 5.11 Å². The minimum Gasteiger partial charge on any atom is -0.400 e. The zero-order valence-electron chi connectivity index (χ0n) is 22.2. The number of benzene rings is 2. The van der Waals surface area contributed by atoms with E-state index < -0.39 is 17.6 Å². The minimum absolute atomic E-state index is 0.000387. The number of nitrogens with zero attached hydrogens (tertiary/aromatic N) is 1. The Hall–Kier alpha value is -2.91. The van der Waals surface area contributed by atoms with Crippen LogP contribution < -0.4 is 10.6 Å². The van der Waals surface area contributed by atoms with E-state index in [0.29, 0.717) is 23.8 Å². The van der Waals surface area contributed by atoms with Gasteiger partial charge in [-0.05, 0) is 60.8 Å². The highest BCUT2D eigenvalue weighted by Gasteiger charge is 2.38. The van der Waals surface area contributed by atoms with Crippen LogP contribution >= 0.6 is 0 Å². The first kappa shape index (κ1) is 29.6. The van der Waals surface area contributed by atoms with Gasteiger partial charge in [-0.3, -0.25) is 14.5 Å². The average Bonchev–Trinajstić information content (AvgIpc) is 3.36. The molecule has 1 saturated heterocycles. The lowest BCUT2D eigenvalue weighted by molar-refractivity contribution is -0.137. The lowest BCUT2D eigenvalue weighted by Crippen LogP contribution is -2.45. The molecule has 1 saturated carbocycles. The van der Waals surface area contributed by atoms with Crippen LogP contribution in [0.2, 0.25) is 0 Å². The van der Waals surface area contributed by atoms with Crippen LogP contribution in [0.5, 0.6) is 0 Å². The summed E-state index contributed by atoms with van der Waals surface area (Å²) in [6.45, 7) is 6.09. The summed E-state index contributed by atoms with van der Waals surface area (Å²) in [5.41, 5.74) is 0.390. The second-order valence-electron chi connectivity index (χ2n) is 10.3. The maximum atomic E-state index is 12.9. The number of aliphatic hydroxyl groups is 1. The fraction of sp³-hybridized carbons (Fsp3) is 0.517. The first-order valence-corrected chi connectivity index (χ1v) is 13.1. The van der Waals surface area contributed by atoms with Gasteiger partial charge in [-0.1, -0.05) is 50.2 Å². The number of likely N-dealkylation sites (tertiary alicyclic amines) is 1. The molecular formula is C29H38F3N3O3. The van der Waals surface area contributed by atoms with Crippen LogP contribution in [-0.2, 0) is 11.0 Å². The zero-order valence-corrected chi connectivity index (χ0v) is 22.2. The molecule has 9 heteroatoms. The number of nitrogens with one attached hydrogen (secondary N) is 2. The van der Waals surface area contributed by atoms with Gasteiger partial charge in [0.05, 0.1) is 12.1 Å². The number of hydrogen-bond acceptors (Lipinski definition) is 4. The van der Waals surface area contributed by atoms with Gasteiger partial charge in [-0.25, -0.2) is 0 Å². The van der Waals surface area contributed by atoms with Gasteiger partial charge >= 0.3 is 6.18 Å². The third kappa shape index (κ3) is 7.57. The lowest BCUT2D eigenvalue weighted by atomic mass is 9.68. The van der Waals surface area contributed by atoms with Crippen LogP contribution in [0.15, 0.2) is 54.6 Å². The van der Waals surface area contributed by atoms with Crippen molar-refractivity contribution >= 4 is 11.8 Å². The highest BCUT2D eigenvalue weighted by atomic mass is 19.4. The molecule has 2 fully saturated rings. The summed E-state index contributed by atoms with van der Waals surface area (Å²) in [6, 6.07) is 15.4. The lowest BCUT2D eigenvalue weighted by Gasteiger charge is -2.43. The Kier molecular flexibility index (Phi) is 10.3. The Balaban J connectivity index is 0.00000195. The predicted molar refractivity (Wildman–Crippen MR) is 141 cm³/mol. The van der Waals surface area contributed by atoms with Crippen LogP contribution in [-0.4, -0.2) is 60.6 Å². The van der Waals surface area contributed by atoms with E-state index in [-0.39, 0.29) is 24.1 Å². The monoisotopic (exact) mass is 533 g/mol. The second kappa shape index (κ2) is 13.2. The fourth-order valence-corrected chi connectivity index (χ4v) is 6.05. The molecule has 0 aromatic heterocycles. The SMILES string of the molecule is CC1CC(N2CCC(NC(=O)CNC(=O)c3cccc(C(F)(F)F)c3)C2)CC(C)C1c1ccccc1.CO. The summed E-state index contributed by atoms with van der Waals surface area (Å²) >= 11 is 0. The standard InChI is InChI=1S/C28H34F3N3O2.CH4O/c1-18-13-24(14-19(2)26(18)20-7-4-3-5-8-20)34-12-11-23(17-34)33-25(35)16-32-27(36)21-9-6-10-22(15-21)28(29,30)31;1-2/h3-10,15,18-19,23-24,26H,11-14,16-17H2,1-2H3,(H,32,36)(H,33,35);2H,1H3. The van der Waals surface area contributed by atoms with Crippen molar-refractivity contribution in [1.82, 2.24) is 15.5 Å². The Labute approximate surface area is 222 Å². The van der Waals surface area contributed by atoms with E-state index in [9.17, 15) is 22.8 Å². The van der Waals surface area contributed by atoms with Gasteiger partial charge in [-0.15, -0.1) is 0 Å². The van der Waals surface area contributed by atoms with Crippen molar-refractivity contribution in [3.05, 3.63) is 71.3 Å². The van der Waals surface area contributed by atoms with Gasteiger partial charge < -0.3 is 15.7 Å². The Bertz CT molecular complexity index is 1050. The van der Waals surface area contributed by atoms with Gasteiger partial charge in [0, 0.05) is 37.8 Å². The van der Waals surface area contributed by atoms with E-state index in [1.807, 2.05) is 0 Å². The molecule has 2 aromatic carbocycles. The summed E-state index contributed by atoms with van der Waals surface area (Å²) in [7, 11) is 1.00. The van der Waals surface area contributed by atoms with Gasteiger partial charge in [0.1, 0.15) is 0 Å². The zero-order chi connectivity index (χ0) is 27.9. The molecule has 208 valence electrons. The molecule has 3 N–H and O–H groups in total. The smallest absolute Gasteiger partial charge is 0.400 e. The summed E-state index contributed by atoms with van der Waals surface area (Å²) in [5, 5.41) is 12.4. The molecule has 3 unspecified atom stereocenters. The van der Waals surface area contributed by atoms with E-state index in [2.05, 4.69) is 59.7 Å². The number of alkyl halides is 3. The number of hydrogen-bond donors (Lipinski definition) is 3. The van der Waals surface area contributed by atoms with Crippen molar-refractivity contribution in [3.63, 3.8) is 0 Å². The number of halogens is 3. The van der Waals surface area contributed by atoms with Crippen molar-refractivity contribution < 1.29 is 27.9 Å². The fourth-order valence-electron chi connectivity index (χ4n) is 6.05. The largest absolute Gasteiger partial charge is 0.416 e. The van der Waals surface area contributed by atoms with E-state index in [1.54, 1.807) is 0 Å². The Morgan fingerprint density at radius 2 is 1.66 bits per heavy atom. The number of rotatable bonds is 6. The molecule has 38 heavy (non-hydrogen) atoms. The van der Waals surface area contributed by atoms with E-state index in [0.717, 1.165) is 51.6 Å². The average molecular weight is 534 g/mol. The summed E-state index contributed by atoms with van der Waals surface area (Å²) in [5.74, 6) is 0.654.